The summed E-state index contributed by atoms with van der Waals surface area (Å²) in [6.45, 7) is 9.85. The van der Waals surface area contributed by atoms with E-state index in [4.69, 9.17) is 11.6 Å². The topological polar surface area (TPSA) is 15.3 Å². The number of hydrogen-bond acceptors (Lipinski definition) is 2. The SMILES string of the molecule is CCN(CC)CC(C)Nc1ccc(Cl)cc1. The molecule has 0 amide bonds. The summed E-state index contributed by atoms with van der Waals surface area (Å²) < 4.78 is 0. The highest BCUT2D eigenvalue weighted by Crippen LogP contribution is 2.14. The second kappa shape index (κ2) is 6.77. The molecule has 1 rings (SSSR count). The average molecular weight is 241 g/mol. The van der Waals surface area contributed by atoms with Gasteiger partial charge in [0.15, 0.2) is 0 Å². The van der Waals surface area contributed by atoms with Gasteiger partial charge in [-0.3, -0.25) is 0 Å². The van der Waals surface area contributed by atoms with Gasteiger partial charge in [0.05, 0.1) is 0 Å². The molecule has 0 aliphatic carbocycles. The van der Waals surface area contributed by atoms with E-state index in [0.29, 0.717) is 6.04 Å². The fraction of sp³-hybridized carbons (Fsp3) is 0.538. The Morgan fingerprint density at radius 1 is 1.19 bits per heavy atom. The molecule has 0 radical (unpaired) electrons. The van der Waals surface area contributed by atoms with Crippen LogP contribution < -0.4 is 5.32 Å². The number of likely N-dealkylation sites (N-methyl/N-ethyl adjacent to an activating group) is 1. The second-order valence-corrected chi connectivity index (χ2v) is 4.47. The van der Waals surface area contributed by atoms with Gasteiger partial charge in [-0.15, -0.1) is 0 Å². The summed E-state index contributed by atoms with van der Waals surface area (Å²) in [7, 11) is 0. The van der Waals surface area contributed by atoms with E-state index in [2.05, 4.69) is 31.0 Å². The highest BCUT2D eigenvalue weighted by Gasteiger charge is 2.06. The minimum Gasteiger partial charge on any atom is -0.381 e. The maximum absolute atomic E-state index is 5.84. The van der Waals surface area contributed by atoms with E-state index in [1.807, 2.05) is 24.3 Å². The van der Waals surface area contributed by atoms with E-state index in [1.54, 1.807) is 0 Å². The Bertz CT molecular complexity index is 293. The summed E-state index contributed by atoms with van der Waals surface area (Å²) in [5.74, 6) is 0. The molecule has 0 spiro atoms. The lowest BCUT2D eigenvalue weighted by Crippen LogP contribution is -2.34. The van der Waals surface area contributed by atoms with E-state index >= 15 is 0 Å². The number of hydrogen-bond donors (Lipinski definition) is 1. The summed E-state index contributed by atoms with van der Waals surface area (Å²) in [6, 6.07) is 8.30. The lowest BCUT2D eigenvalue weighted by Gasteiger charge is -2.24. The van der Waals surface area contributed by atoms with Crippen molar-refractivity contribution in [1.82, 2.24) is 4.90 Å². The van der Waals surface area contributed by atoms with Crippen LogP contribution in [-0.4, -0.2) is 30.6 Å². The number of nitrogens with one attached hydrogen (secondary N) is 1. The first kappa shape index (κ1) is 13.3. The summed E-state index contributed by atoms with van der Waals surface area (Å²) >= 11 is 5.84. The van der Waals surface area contributed by atoms with Gasteiger partial charge in [0.2, 0.25) is 0 Å². The third-order valence-electron chi connectivity index (χ3n) is 2.68. The van der Waals surface area contributed by atoms with Crippen molar-refractivity contribution in [2.24, 2.45) is 0 Å². The maximum Gasteiger partial charge on any atom is 0.0407 e. The molecule has 2 nitrogen and oxygen atoms in total. The number of anilines is 1. The summed E-state index contributed by atoms with van der Waals surface area (Å²) in [6.07, 6.45) is 0. The molecule has 0 saturated heterocycles. The van der Waals surface area contributed by atoms with Crippen LogP contribution in [0, 0.1) is 0 Å². The van der Waals surface area contributed by atoms with Crippen molar-refractivity contribution in [3.05, 3.63) is 29.3 Å². The predicted molar refractivity (Wildman–Crippen MR) is 72.3 cm³/mol. The van der Waals surface area contributed by atoms with E-state index in [9.17, 15) is 0 Å². The molecule has 90 valence electrons. The lowest BCUT2D eigenvalue weighted by molar-refractivity contribution is 0.295. The molecule has 16 heavy (non-hydrogen) atoms. The Labute approximate surface area is 104 Å². The van der Waals surface area contributed by atoms with Crippen molar-refractivity contribution in [3.63, 3.8) is 0 Å². The zero-order valence-electron chi connectivity index (χ0n) is 10.3. The standard InChI is InChI=1S/C13H21ClN2/c1-4-16(5-2)10-11(3)15-13-8-6-12(14)7-9-13/h6-9,11,15H,4-5,10H2,1-3H3. The molecule has 1 N–H and O–H groups in total. The molecule has 1 aromatic rings. The lowest BCUT2D eigenvalue weighted by atomic mass is 10.2. The molecule has 0 aromatic heterocycles. The van der Waals surface area contributed by atoms with E-state index in [-0.39, 0.29) is 0 Å². The summed E-state index contributed by atoms with van der Waals surface area (Å²) in [5, 5.41) is 4.25. The van der Waals surface area contributed by atoms with Gasteiger partial charge in [0, 0.05) is 23.3 Å². The molecular formula is C13H21ClN2. The van der Waals surface area contributed by atoms with E-state index in [1.165, 1.54) is 0 Å². The number of halogens is 1. The van der Waals surface area contributed by atoms with Crippen molar-refractivity contribution >= 4 is 17.3 Å². The minimum absolute atomic E-state index is 0.445. The van der Waals surface area contributed by atoms with Crippen molar-refractivity contribution < 1.29 is 0 Å². The Morgan fingerprint density at radius 3 is 2.25 bits per heavy atom. The van der Waals surface area contributed by atoms with Gasteiger partial charge in [0.25, 0.3) is 0 Å². The molecule has 1 aromatic carbocycles. The molecule has 0 fully saturated rings. The third kappa shape index (κ3) is 4.42. The van der Waals surface area contributed by atoms with Gasteiger partial charge in [-0.05, 0) is 44.3 Å². The molecule has 1 unspecified atom stereocenters. The van der Waals surface area contributed by atoms with Crippen LogP contribution in [0.1, 0.15) is 20.8 Å². The third-order valence-corrected chi connectivity index (χ3v) is 2.94. The first-order valence-corrected chi connectivity index (χ1v) is 6.28. The van der Waals surface area contributed by atoms with Crippen LogP contribution in [0.25, 0.3) is 0 Å². The summed E-state index contributed by atoms with van der Waals surface area (Å²) in [4.78, 5) is 2.41. The van der Waals surface area contributed by atoms with E-state index in [0.717, 1.165) is 30.3 Å². The van der Waals surface area contributed by atoms with Crippen LogP contribution in [-0.2, 0) is 0 Å². The maximum atomic E-state index is 5.84. The fourth-order valence-corrected chi connectivity index (χ4v) is 1.87. The van der Waals surface area contributed by atoms with E-state index < -0.39 is 0 Å². The highest BCUT2D eigenvalue weighted by atomic mass is 35.5. The van der Waals surface area contributed by atoms with Gasteiger partial charge in [-0.25, -0.2) is 0 Å². The predicted octanol–water partition coefficient (Wildman–Crippen LogP) is 3.48. The molecule has 3 heteroatoms. The Balaban J connectivity index is 2.44. The Morgan fingerprint density at radius 2 is 1.75 bits per heavy atom. The van der Waals surface area contributed by atoms with Crippen molar-refractivity contribution in [2.75, 3.05) is 25.0 Å². The average Bonchev–Trinajstić information content (AvgIpc) is 2.29. The van der Waals surface area contributed by atoms with Crippen LogP contribution in [0.2, 0.25) is 5.02 Å². The van der Waals surface area contributed by atoms with Gasteiger partial charge < -0.3 is 10.2 Å². The fourth-order valence-electron chi connectivity index (χ4n) is 1.75. The molecule has 0 aliphatic heterocycles. The number of benzene rings is 1. The monoisotopic (exact) mass is 240 g/mol. The number of rotatable bonds is 6. The zero-order chi connectivity index (χ0) is 12.0. The molecule has 0 saturated carbocycles. The van der Waals surface area contributed by atoms with Gasteiger partial charge in [0.1, 0.15) is 0 Å². The van der Waals surface area contributed by atoms with Crippen LogP contribution in [0.4, 0.5) is 5.69 Å². The van der Waals surface area contributed by atoms with Crippen molar-refractivity contribution in [1.29, 1.82) is 0 Å². The smallest absolute Gasteiger partial charge is 0.0407 e. The first-order chi connectivity index (χ1) is 7.65. The quantitative estimate of drug-likeness (QED) is 0.819. The molecule has 0 heterocycles. The molecule has 1 atom stereocenters. The van der Waals surface area contributed by atoms with Crippen LogP contribution in [0.15, 0.2) is 24.3 Å². The van der Waals surface area contributed by atoms with Gasteiger partial charge >= 0.3 is 0 Å². The van der Waals surface area contributed by atoms with Crippen molar-refractivity contribution in [2.45, 2.75) is 26.8 Å². The Kier molecular flexibility index (Phi) is 5.64. The minimum atomic E-state index is 0.445. The highest BCUT2D eigenvalue weighted by molar-refractivity contribution is 6.30. The largest absolute Gasteiger partial charge is 0.381 e. The zero-order valence-corrected chi connectivity index (χ0v) is 11.1. The first-order valence-electron chi connectivity index (χ1n) is 5.90. The van der Waals surface area contributed by atoms with Crippen LogP contribution in [0.5, 0.6) is 0 Å². The molecule has 0 bridgehead atoms. The molecular weight excluding hydrogens is 220 g/mol. The van der Waals surface area contributed by atoms with Crippen LogP contribution >= 0.6 is 11.6 Å². The normalized spacial score (nSPS) is 12.8. The second-order valence-electron chi connectivity index (χ2n) is 4.04. The van der Waals surface area contributed by atoms with Crippen molar-refractivity contribution in [3.8, 4) is 0 Å². The number of nitrogens with zero attached hydrogens (tertiary/aromatic N) is 1. The molecule has 0 aliphatic rings. The van der Waals surface area contributed by atoms with Gasteiger partial charge in [-0.1, -0.05) is 25.4 Å². The summed E-state index contributed by atoms with van der Waals surface area (Å²) in [5.41, 5.74) is 1.13. The van der Waals surface area contributed by atoms with Gasteiger partial charge in [-0.2, -0.15) is 0 Å². The Hall–Kier alpha value is -0.730. The van der Waals surface area contributed by atoms with Crippen LogP contribution in [0.3, 0.4) is 0 Å².